The summed E-state index contributed by atoms with van der Waals surface area (Å²) in [4.78, 5) is 3.89. The van der Waals surface area contributed by atoms with Gasteiger partial charge in [0.1, 0.15) is 0 Å². The molecule has 0 saturated heterocycles. The molecule has 0 aliphatic rings. The van der Waals surface area contributed by atoms with Gasteiger partial charge in [0.2, 0.25) is 0 Å². The van der Waals surface area contributed by atoms with Crippen molar-refractivity contribution in [3.8, 4) is 0 Å². The molecule has 0 aliphatic carbocycles. The average Bonchev–Trinajstić information content (AvgIpc) is 2.18. The zero-order chi connectivity index (χ0) is 10.6. The molecule has 0 amide bonds. The van der Waals surface area contributed by atoms with Crippen molar-refractivity contribution in [3.05, 3.63) is 30.1 Å². The van der Waals surface area contributed by atoms with Crippen LogP contribution < -0.4 is 0 Å². The molecule has 3 heteroatoms. The normalized spacial score (nSPS) is 15.5. The number of nitrogens with zero attached hydrogens (tertiary/aromatic N) is 1. The maximum Gasteiger partial charge on any atom is 0.0841 e. The van der Waals surface area contributed by atoms with Gasteiger partial charge in [-0.3, -0.25) is 4.98 Å². The number of pyridine rings is 1. The first kappa shape index (κ1) is 11.1. The minimum Gasteiger partial charge on any atom is -0.390 e. The van der Waals surface area contributed by atoms with Crippen LogP contribution in [-0.4, -0.2) is 27.4 Å². The van der Waals surface area contributed by atoms with Crippen LogP contribution in [0.4, 0.5) is 0 Å². The lowest BCUT2D eigenvalue weighted by Crippen LogP contribution is -2.32. The Bertz CT molecular complexity index is 261. The Morgan fingerprint density at radius 1 is 1.21 bits per heavy atom. The van der Waals surface area contributed by atoms with Gasteiger partial charge in [0, 0.05) is 18.8 Å². The number of aliphatic hydroxyl groups is 2. The van der Waals surface area contributed by atoms with Crippen molar-refractivity contribution in [3.63, 3.8) is 0 Å². The number of aliphatic hydroxyl groups excluding tert-OH is 2. The second-order valence-electron chi connectivity index (χ2n) is 3.86. The minimum atomic E-state index is -0.697. The van der Waals surface area contributed by atoms with E-state index in [0.717, 1.165) is 5.56 Å². The molecular formula is C11H17NO2. The quantitative estimate of drug-likeness (QED) is 0.753. The lowest BCUT2D eigenvalue weighted by molar-refractivity contribution is -0.00732. The first-order valence-corrected chi connectivity index (χ1v) is 4.86. The Morgan fingerprint density at radius 2 is 1.79 bits per heavy atom. The highest BCUT2D eigenvalue weighted by atomic mass is 16.3. The average molecular weight is 195 g/mol. The van der Waals surface area contributed by atoms with Crippen LogP contribution in [0.2, 0.25) is 0 Å². The number of hydrogen-bond acceptors (Lipinski definition) is 3. The van der Waals surface area contributed by atoms with Gasteiger partial charge in [-0.05, 0) is 23.6 Å². The van der Waals surface area contributed by atoms with Gasteiger partial charge in [-0.1, -0.05) is 13.8 Å². The highest BCUT2D eigenvalue weighted by Crippen LogP contribution is 2.11. The molecule has 0 radical (unpaired) electrons. The van der Waals surface area contributed by atoms with Crippen LogP contribution in [0.25, 0.3) is 0 Å². The molecule has 2 N–H and O–H groups in total. The summed E-state index contributed by atoms with van der Waals surface area (Å²) in [7, 11) is 0. The largest absolute Gasteiger partial charge is 0.390 e. The van der Waals surface area contributed by atoms with Crippen molar-refractivity contribution in [1.82, 2.24) is 4.98 Å². The van der Waals surface area contributed by atoms with Gasteiger partial charge < -0.3 is 10.2 Å². The van der Waals surface area contributed by atoms with Gasteiger partial charge in [0.05, 0.1) is 12.2 Å². The van der Waals surface area contributed by atoms with Crippen LogP contribution in [0, 0.1) is 5.92 Å². The molecule has 1 heterocycles. The molecule has 1 aromatic rings. The van der Waals surface area contributed by atoms with Crippen molar-refractivity contribution >= 4 is 0 Å². The van der Waals surface area contributed by atoms with E-state index in [1.165, 1.54) is 0 Å². The van der Waals surface area contributed by atoms with E-state index in [1.54, 1.807) is 12.4 Å². The summed E-state index contributed by atoms with van der Waals surface area (Å²) < 4.78 is 0. The lowest BCUT2D eigenvalue weighted by Gasteiger charge is -2.20. The summed E-state index contributed by atoms with van der Waals surface area (Å²) >= 11 is 0. The summed E-state index contributed by atoms with van der Waals surface area (Å²) in [6, 6.07) is 3.69. The highest BCUT2D eigenvalue weighted by molar-refractivity contribution is 5.11. The number of hydrogen-bond donors (Lipinski definition) is 2. The van der Waals surface area contributed by atoms with Gasteiger partial charge in [-0.2, -0.15) is 0 Å². The van der Waals surface area contributed by atoms with Crippen molar-refractivity contribution in [2.45, 2.75) is 32.5 Å². The van der Waals surface area contributed by atoms with E-state index in [1.807, 2.05) is 26.0 Å². The predicted octanol–water partition coefficient (Wildman–Crippen LogP) is 1.00. The van der Waals surface area contributed by atoms with Crippen LogP contribution in [0.1, 0.15) is 19.4 Å². The maximum atomic E-state index is 9.67. The molecule has 3 nitrogen and oxygen atoms in total. The fraction of sp³-hybridized carbons (Fsp3) is 0.545. The van der Waals surface area contributed by atoms with Gasteiger partial charge in [-0.15, -0.1) is 0 Å². The number of rotatable bonds is 4. The minimum absolute atomic E-state index is 0.0758. The zero-order valence-electron chi connectivity index (χ0n) is 8.59. The van der Waals surface area contributed by atoms with Crippen LogP contribution >= 0.6 is 0 Å². The lowest BCUT2D eigenvalue weighted by atomic mass is 9.97. The summed E-state index contributed by atoms with van der Waals surface area (Å²) in [5.41, 5.74) is 0.993. The second kappa shape index (κ2) is 5.08. The van der Waals surface area contributed by atoms with Gasteiger partial charge in [0.15, 0.2) is 0 Å². The van der Waals surface area contributed by atoms with Crippen molar-refractivity contribution in [1.29, 1.82) is 0 Å². The van der Waals surface area contributed by atoms with Crippen molar-refractivity contribution < 1.29 is 10.2 Å². The molecule has 14 heavy (non-hydrogen) atoms. The maximum absolute atomic E-state index is 9.67. The van der Waals surface area contributed by atoms with E-state index in [4.69, 9.17) is 0 Å². The molecule has 0 spiro atoms. The van der Waals surface area contributed by atoms with E-state index in [-0.39, 0.29) is 5.92 Å². The van der Waals surface area contributed by atoms with Gasteiger partial charge in [-0.25, -0.2) is 0 Å². The Morgan fingerprint density at radius 3 is 2.29 bits per heavy atom. The highest BCUT2D eigenvalue weighted by Gasteiger charge is 2.19. The van der Waals surface area contributed by atoms with Crippen molar-refractivity contribution in [2.75, 3.05) is 0 Å². The summed E-state index contributed by atoms with van der Waals surface area (Å²) in [6.07, 6.45) is 2.48. The Kier molecular flexibility index (Phi) is 4.04. The van der Waals surface area contributed by atoms with Gasteiger partial charge in [0.25, 0.3) is 0 Å². The second-order valence-corrected chi connectivity index (χ2v) is 3.86. The molecule has 0 bridgehead atoms. The topological polar surface area (TPSA) is 53.4 Å². The molecule has 0 fully saturated rings. The predicted molar refractivity (Wildman–Crippen MR) is 54.8 cm³/mol. The molecule has 0 aromatic carbocycles. The summed E-state index contributed by atoms with van der Waals surface area (Å²) in [6.45, 7) is 3.78. The fourth-order valence-corrected chi connectivity index (χ4v) is 1.33. The molecule has 1 aromatic heterocycles. The molecule has 1 rings (SSSR count). The van der Waals surface area contributed by atoms with Crippen LogP contribution in [0.3, 0.4) is 0 Å². The number of aromatic nitrogens is 1. The SMILES string of the molecule is CC(C)C(O)C(O)Cc1ccncc1. The van der Waals surface area contributed by atoms with E-state index in [0.29, 0.717) is 6.42 Å². The third-order valence-electron chi connectivity index (χ3n) is 2.27. The monoisotopic (exact) mass is 195 g/mol. The molecular weight excluding hydrogens is 178 g/mol. The molecule has 0 saturated carbocycles. The van der Waals surface area contributed by atoms with E-state index in [2.05, 4.69) is 4.98 Å². The fourth-order valence-electron chi connectivity index (χ4n) is 1.33. The van der Waals surface area contributed by atoms with E-state index in [9.17, 15) is 10.2 Å². The van der Waals surface area contributed by atoms with Crippen molar-refractivity contribution in [2.24, 2.45) is 5.92 Å². The third kappa shape index (κ3) is 3.09. The first-order chi connectivity index (χ1) is 6.61. The summed E-state index contributed by atoms with van der Waals surface area (Å²) in [5, 5.41) is 19.3. The molecule has 0 aliphatic heterocycles. The summed E-state index contributed by atoms with van der Waals surface area (Å²) in [5.74, 6) is 0.0758. The third-order valence-corrected chi connectivity index (χ3v) is 2.27. The Hall–Kier alpha value is -0.930. The van der Waals surface area contributed by atoms with E-state index < -0.39 is 12.2 Å². The van der Waals surface area contributed by atoms with Crippen LogP contribution in [-0.2, 0) is 6.42 Å². The Balaban J connectivity index is 2.53. The van der Waals surface area contributed by atoms with Gasteiger partial charge >= 0.3 is 0 Å². The van der Waals surface area contributed by atoms with Crippen LogP contribution in [0.15, 0.2) is 24.5 Å². The smallest absolute Gasteiger partial charge is 0.0841 e. The van der Waals surface area contributed by atoms with Crippen LogP contribution in [0.5, 0.6) is 0 Å². The molecule has 78 valence electrons. The Labute approximate surface area is 84.4 Å². The zero-order valence-corrected chi connectivity index (χ0v) is 8.59. The van der Waals surface area contributed by atoms with E-state index >= 15 is 0 Å². The molecule has 2 unspecified atom stereocenters. The molecule has 2 atom stereocenters. The first-order valence-electron chi connectivity index (χ1n) is 4.86. The standard InChI is InChI=1S/C11H17NO2/c1-8(2)11(14)10(13)7-9-3-5-12-6-4-9/h3-6,8,10-11,13-14H,7H2,1-2H3.